The molecule has 1 aromatic carbocycles. The zero-order valence-corrected chi connectivity index (χ0v) is 11.6. The Morgan fingerprint density at radius 1 is 1.37 bits per heavy atom. The third-order valence-corrected chi connectivity index (χ3v) is 3.21. The molecule has 3 N–H and O–H groups in total. The molecule has 0 saturated carbocycles. The molecule has 2 rings (SSSR count). The second kappa shape index (κ2) is 6.38. The van der Waals surface area contributed by atoms with Gasteiger partial charge in [0, 0.05) is 30.3 Å². The van der Waals surface area contributed by atoms with Crippen LogP contribution < -0.4 is 10.5 Å². The molecule has 0 amide bonds. The smallest absolute Gasteiger partial charge is 0.122 e. The molecule has 0 saturated heterocycles. The van der Waals surface area contributed by atoms with E-state index in [9.17, 15) is 0 Å². The molecule has 0 radical (unpaired) electrons. The molecule has 0 aliphatic rings. The van der Waals surface area contributed by atoms with E-state index in [1.807, 2.05) is 12.3 Å². The highest BCUT2D eigenvalue weighted by Crippen LogP contribution is 2.22. The van der Waals surface area contributed by atoms with Gasteiger partial charge in [-0.3, -0.25) is 0 Å². The van der Waals surface area contributed by atoms with Crippen molar-refractivity contribution in [2.75, 3.05) is 13.7 Å². The number of nitrogens with zero attached hydrogens (tertiary/aromatic N) is 1. The van der Waals surface area contributed by atoms with Crippen LogP contribution in [-0.2, 0) is 19.3 Å². The number of aryl methyl sites for hydroxylation is 1. The fourth-order valence-electron chi connectivity index (χ4n) is 2.15. The number of nitrogens with one attached hydrogen (secondary N) is 1. The van der Waals surface area contributed by atoms with E-state index < -0.39 is 0 Å². The van der Waals surface area contributed by atoms with Gasteiger partial charge < -0.3 is 15.5 Å². The lowest BCUT2D eigenvalue weighted by Crippen LogP contribution is -2.03. The number of aromatic nitrogens is 2. The van der Waals surface area contributed by atoms with Crippen LogP contribution in [0, 0.1) is 0 Å². The van der Waals surface area contributed by atoms with Gasteiger partial charge in [0.05, 0.1) is 7.11 Å². The maximum Gasteiger partial charge on any atom is 0.122 e. The van der Waals surface area contributed by atoms with Crippen molar-refractivity contribution in [2.24, 2.45) is 5.73 Å². The minimum Gasteiger partial charge on any atom is -0.496 e. The summed E-state index contributed by atoms with van der Waals surface area (Å²) in [6.45, 7) is 2.79. The zero-order valence-electron chi connectivity index (χ0n) is 11.6. The van der Waals surface area contributed by atoms with Gasteiger partial charge in [-0.25, -0.2) is 4.98 Å². The van der Waals surface area contributed by atoms with E-state index in [0.29, 0.717) is 6.54 Å². The van der Waals surface area contributed by atoms with E-state index in [4.69, 9.17) is 10.5 Å². The highest BCUT2D eigenvalue weighted by Gasteiger charge is 2.08. The van der Waals surface area contributed by atoms with E-state index in [-0.39, 0.29) is 0 Å². The van der Waals surface area contributed by atoms with Crippen molar-refractivity contribution >= 4 is 0 Å². The second-order valence-electron chi connectivity index (χ2n) is 4.57. The minimum absolute atomic E-state index is 0.635. The van der Waals surface area contributed by atoms with E-state index in [2.05, 4.69) is 29.0 Å². The van der Waals surface area contributed by atoms with Crippen molar-refractivity contribution in [1.29, 1.82) is 0 Å². The van der Waals surface area contributed by atoms with Crippen molar-refractivity contribution in [2.45, 2.75) is 26.2 Å². The first kappa shape index (κ1) is 13.6. The molecule has 102 valence electrons. The van der Waals surface area contributed by atoms with E-state index in [1.165, 1.54) is 5.56 Å². The van der Waals surface area contributed by atoms with Crippen LogP contribution in [-0.4, -0.2) is 23.6 Å². The third kappa shape index (κ3) is 3.35. The van der Waals surface area contributed by atoms with Crippen molar-refractivity contribution in [3.8, 4) is 5.75 Å². The van der Waals surface area contributed by atoms with Crippen molar-refractivity contribution in [3.63, 3.8) is 0 Å². The monoisotopic (exact) mass is 259 g/mol. The Morgan fingerprint density at radius 3 is 2.89 bits per heavy atom. The Labute approximate surface area is 114 Å². The fraction of sp³-hybridized carbons (Fsp3) is 0.400. The molecule has 4 heteroatoms. The van der Waals surface area contributed by atoms with Crippen LogP contribution in [0.4, 0.5) is 0 Å². The lowest BCUT2D eigenvalue weighted by atomic mass is 10.0. The first-order valence-corrected chi connectivity index (χ1v) is 6.65. The number of imidazole rings is 1. The van der Waals surface area contributed by atoms with Crippen molar-refractivity contribution < 1.29 is 4.74 Å². The third-order valence-electron chi connectivity index (χ3n) is 3.21. The van der Waals surface area contributed by atoms with E-state index in [0.717, 1.165) is 42.1 Å². The maximum atomic E-state index is 5.54. The summed E-state index contributed by atoms with van der Waals surface area (Å²) in [4.78, 5) is 7.70. The van der Waals surface area contributed by atoms with Gasteiger partial charge in [-0.1, -0.05) is 19.1 Å². The van der Waals surface area contributed by atoms with Crippen molar-refractivity contribution in [1.82, 2.24) is 9.97 Å². The molecular formula is C15H21N3O. The van der Waals surface area contributed by atoms with E-state index in [1.54, 1.807) is 7.11 Å². The summed E-state index contributed by atoms with van der Waals surface area (Å²) >= 11 is 0. The number of hydrogen-bond donors (Lipinski definition) is 2. The van der Waals surface area contributed by atoms with Crippen LogP contribution in [0.1, 0.15) is 29.6 Å². The predicted octanol–water partition coefficient (Wildman–Crippen LogP) is 2.07. The molecule has 1 heterocycles. The van der Waals surface area contributed by atoms with Crippen LogP contribution >= 0.6 is 0 Å². The molecular weight excluding hydrogens is 238 g/mol. The van der Waals surface area contributed by atoms with Gasteiger partial charge in [0.1, 0.15) is 11.6 Å². The van der Waals surface area contributed by atoms with Crippen LogP contribution in [0.2, 0.25) is 0 Å². The number of ether oxygens (including phenoxy) is 1. The minimum atomic E-state index is 0.635. The second-order valence-corrected chi connectivity index (χ2v) is 4.57. The Balaban J connectivity index is 2.20. The van der Waals surface area contributed by atoms with Gasteiger partial charge in [0.15, 0.2) is 0 Å². The molecule has 4 nitrogen and oxygen atoms in total. The van der Waals surface area contributed by atoms with Gasteiger partial charge in [-0.15, -0.1) is 0 Å². The SMILES string of the molecule is CCc1ccc(OC)c(Cc2ncc(CCN)[nH]2)c1. The van der Waals surface area contributed by atoms with E-state index >= 15 is 0 Å². The number of H-pyrrole nitrogens is 1. The molecule has 0 atom stereocenters. The van der Waals surface area contributed by atoms with Gasteiger partial charge >= 0.3 is 0 Å². The summed E-state index contributed by atoms with van der Waals surface area (Å²) in [6.07, 6.45) is 4.46. The molecule has 0 bridgehead atoms. The molecule has 0 unspecified atom stereocenters. The van der Waals surface area contributed by atoms with Gasteiger partial charge in [-0.2, -0.15) is 0 Å². The maximum absolute atomic E-state index is 5.54. The summed E-state index contributed by atoms with van der Waals surface area (Å²) in [5, 5.41) is 0. The summed E-state index contributed by atoms with van der Waals surface area (Å²) in [5.41, 5.74) is 9.10. The summed E-state index contributed by atoms with van der Waals surface area (Å²) in [5.74, 6) is 1.86. The molecule has 0 fully saturated rings. The van der Waals surface area contributed by atoms with Crippen LogP contribution in [0.3, 0.4) is 0 Å². The number of methoxy groups -OCH3 is 1. The number of hydrogen-bond acceptors (Lipinski definition) is 3. The lowest BCUT2D eigenvalue weighted by molar-refractivity contribution is 0.410. The van der Waals surface area contributed by atoms with Crippen LogP contribution in [0.15, 0.2) is 24.4 Å². The topological polar surface area (TPSA) is 63.9 Å². The molecule has 2 aromatic rings. The highest BCUT2D eigenvalue weighted by molar-refractivity contribution is 5.39. The van der Waals surface area contributed by atoms with Crippen LogP contribution in [0.5, 0.6) is 5.75 Å². The standard InChI is InChI=1S/C15H21N3O/c1-3-11-4-5-14(19-2)12(8-11)9-15-17-10-13(18-15)6-7-16/h4-5,8,10H,3,6-7,9,16H2,1-2H3,(H,17,18). The van der Waals surface area contributed by atoms with Gasteiger partial charge in [0.2, 0.25) is 0 Å². The Hall–Kier alpha value is -1.81. The normalized spacial score (nSPS) is 10.7. The molecule has 0 aliphatic heterocycles. The number of aromatic amines is 1. The Bertz CT molecular complexity index is 534. The summed E-state index contributed by atoms with van der Waals surface area (Å²) in [7, 11) is 1.70. The Morgan fingerprint density at radius 2 is 2.21 bits per heavy atom. The predicted molar refractivity (Wildman–Crippen MR) is 76.5 cm³/mol. The molecule has 0 aliphatic carbocycles. The number of nitrogens with two attached hydrogens (primary N) is 1. The van der Waals surface area contributed by atoms with Crippen LogP contribution in [0.25, 0.3) is 0 Å². The van der Waals surface area contributed by atoms with Gasteiger partial charge in [-0.05, 0) is 24.6 Å². The average molecular weight is 259 g/mol. The molecule has 19 heavy (non-hydrogen) atoms. The fourth-order valence-corrected chi connectivity index (χ4v) is 2.15. The largest absolute Gasteiger partial charge is 0.496 e. The lowest BCUT2D eigenvalue weighted by Gasteiger charge is -2.09. The Kier molecular flexibility index (Phi) is 4.58. The average Bonchev–Trinajstić information content (AvgIpc) is 2.86. The summed E-state index contributed by atoms with van der Waals surface area (Å²) in [6, 6.07) is 6.31. The zero-order chi connectivity index (χ0) is 13.7. The first-order chi connectivity index (χ1) is 9.26. The number of benzene rings is 1. The molecule has 1 aromatic heterocycles. The van der Waals surface area contributed by atoms with Gasteiger partial charge in [0.25, 0.3) is 0 Å². The molecule has 0 spiro atoms. The first-order valence-electron chi connectivity index (χ1n) is 6.65. The summed E-state index contributed by atoms with van der Waals surface area (Å²) < 4.78 is 5.41. The number of rotatable bonds is 6. The quantitative estimate of drug-likeness (QED) is 0.834. The van der Waals surface area contributed by atoms with Crippen molar-refractivity contribution in [3.05, 3.63) is 47.0 Å². The highest BCUT2D eigenvalue weighted by atomic mass is 16.5.